The molecule has 0 spiro atoms. The Bertz CT molecular complexity index is 1060. The minimum atomic E-state index is -0.467. The van der Waals surface area contributed by atoms with Crippen LogP contribution in [0.25, 0.3) is 10.2 Å². The van der Waals surface area contributed by atoms with Gasteiger partial charge in [-0.05, 0) is 31.0 Å². The van der Waals surface area contributed by atoms with Crippen molar-refractivity contribution in [1.29, 1.82) is 0 Å². The fourth-order valence-electron chi connectivity index (χ4n) is 3.42. The summed E-state index contributed by atoms with van der Waals surface area (Å²) in [7, 11) is 0. The van der Waals surface area contributed by atoms with Crippen LogP contribution in [-0.2, 0) is 4.74 Å². The largest absolute Gasteiger partial charge is 0.379 e. The Kier molecular flexibility index (Phi) is 6.38. The lowest BCUT2D eigenvalue weighted by molar-refractivity contribution is -0.380. The van der Waals surface area contributed by atoms with Crippen molar-refractivity contribution < 1.29 is 14.5 Å². The molecule has 0 saturated carbocycles. The number of aryl methyl sites for hydroxylation is 1. The molecular weight excluding hydrogens is 424 g/mol. The predicted octanol–water partition coefficient (Wildman–Crippen LogP) is 3.94. The van der Waals surface area contributed by atoms with E-state index < -0.39 is 4.92 Å². The molecule has 158 valence electrons. The first-order valence-corrected chi connectivity index (χ1v) is 11.4. The molecule has 1 amide bonds. The quantitative estimate of drug-likeness (QED) is 0.403. The molecule has 1 aliphatic rings. The number of fused-ring (bicyclic) bond motifs is 1. The van der Waals surface area contributed by atoms with Gasteiger partial charge in [-0.1, -0.05) is 34.8 Å². The number of rotatable bonds is 7. The normalized spacial score (nSPS) is 14.8. The maximum atomic E-state index is 13.3. The van der Waals surface area contributed by atoms with Gasteiger partial charge in [-0.25, -0.2) is 4.98 Å². The van der Waals surface area contributed by atoms with Crippen LogP contribution < -0.4 is 4.90 Å². The molecule has 2 aromatic heterocycles. The van der Waals surface area contributed by atoms with Gasteiger partial charge in [0.25, 0.3) is 5.91 Å². The molecule has 4 rings (SSSR count). The molecule has 0 atom stereocenters. The fraction of sp³-hybridized carbons (Fsp3) is 0.400. The summed E-state index contributed by atoms with van der Waals surface area (Å²) < 4.78 is 6.41. The number of thiophene rings is 1. The van der Waals surface area contributed by atoms with Gasteiger partial charge in [0, 0.05) is 32.2 Å². The van der Waals surface area contributed by atoms with Crippen molar-refractivity contribution in [2.24, 2.45) is 0 Å². The van der Waals surface area contributed by atoms with Gasteiger partial charge in [-0.2, -0.15) is 0 Å². The van der Waals surface area contributed by atoms with E-state index in [9.17, 15) is 14.9 Å². The maximum absolute atomic E-state index is 13.3. The van der Waals surface area contributed by atoms with E-state index in [1.807, 2.05) is 25.1 Å². The van der Waals surface area contributed by atoms with Crippen molar-refractivity contribution in [3.05, 3.63) is 50.9 Å². The number of nitrogens with zero attached hydrogens (tertiary/aromatic N) is 4. The van der Waals surface area contributed by atoms with E-state index in [1.54, 1.807) is 4.90 Å². The standard InChI is InChI=1S/C20H22N4O4S2/c1-14-4-2-5-15-18(14)21-20(30-15)23(9-3-8-22-10-12-28-13-11-22)19(25)16-6-7-17(29-16)24(26)27/h2,4-7H,3,8-13H2,1H3. The van der Waals surface area contributed by atoms with Crippen LogP contribution in [0.15, 0.2) is 30.3 Å². The molecule has 0 N–H and O–H groups in total. The van der Waals surface area contributed by atoms with Crippen LogP contribution in [0.2, 0.25) is 0 Å². The summed E-state index contributed by atoms with van der Waals surface area (Å²) in [6.45, 7) is 6.62. The van der Waals surface area contributed by atoms with E-state index in [0.29, 0.717) is 16.6 Å². The number of hydrogen-bond donors (Lipinski definition) is 0. The molecule has 10 heteroatoms. The number of hydrogen-bond acceptors (Lipinski definition) is 8. The van der Waals surface area contributed by atoms with E-state index >= 15 is 0 Å². The number of morpholine rings is 1. The average Bonchev–Trinajstić information content (AvgIpc) is 3.40. The number of para-hydroxylation sites is 1. The van der Waals surface area contributed by atoms with Gasteiger partial charge in [-0.15, -0.1) is 0 Å². The summed E-state index contributed by atoms with van der Waals surface area (Å²) in [6.07, 6.45) is 0.786. The molecule has 1 saturated heterocycles. The Labute approximate surface area is 181 Å². The van der Waals surface area contributed by atoms with Crippen LogP contribution in [0.1, 0.15) is 21.7 Å². The first kappa shape index (κ1) is 20.9. The van der Waals surface area contributed by atoms with Crippen molar-refractivity contribution in [2.75, 3.05) is 44.3 Å². The third-order valence-corrected chi connectivity index (χ3v) is 7.10. The summed E-state index contributed by atoms with van der Waals surface area (Å²) >= 11 is 2.38. The van der Waals surface area contributed by atoms with Crippen molar-refractivity contribution in [2.45, 2.75) is 13.3 Å². The van der Waals surface area contributed by atoms with Gasteiger partial charge >= 0.3 is 5.00 Å². The number of anilines is 1. The van der Waals surface area contributed by atoms with Gasteiger partial charge in [0.05, 0.1) is 33.2 Å². The number of aromatic nitrogens is 1. The molecule has 3 aromatic rings. The van der Waals surface area contributed by atoms with Gasteiger partial charge in [0.1, 0.15) is 0 Å². The molecule has 1 fully saturated rings. The fourth-order valence-corrected chi connectivity index (χ4v) is 5.26. The number of nitro groups is 1. The molecule has 3 heterocycles. The van der Waals surface area contributed by atoms with Crippen LogP contribution in [-0.4, -0.2) is 60.1 Å². The highest BCUT2D eigenvalue weighted by molar-refractivity contribution is 7.22. The predicted molar refractivity (Wildman–Crippen MR) is 119 cm³/mol. The molecule has 8 nitrogen and oxygen atoms in total. The van der Waals surface area contributed by atoms with E-state index in [4.69, 9.17) is 9.72 Å². The van der Waals surface area contributed by atoms with Gasteiger partial charge in [-0.3, -0.25) is 24.7 Å². The summed E-state index contributed by atoms with van der Waals surface area (Å²) in [4.78, 5) is 32.9. The minimum Gasteiger partial charge on any atom is -0.379 e. The van der Waals surface area contributed by atoms with Crippen molar-refractivity contribution in [3.8, 4) is 0 Å². The van der Waals surface area contributed by atoms with Crippen molar-refractivity contribution in [3.63, 3.8) is 0 Å². The molecule has 0 aliphatic carbocycles. The molecular formula is C20H22N4O4S2. The van der Waals surface area contributed by atoms with Gasteiger partial charge in [0.15, 0.2) is 5.13 Å². The SMILES string of the molecule is Cc1cccc2sc(N(CCCN3CCOCC3)C(=O)c3ccc([N+](=O)[O-])s3)nc12. The monoisotopic (exact) mass is 446 g/mol. The zero-order chi connectivity index (χ0) is 21.1. The Balaban J connectivity index is 1.58. The molecule has 0 unspecified atom stereocenters. The highest BCUT2D eigenvalue weighted by atomic mass is 32.1. The maximum Gasteiger partial charge on any atom is 0.324 e. The average molecular weight is 447 g/mol. The molecule has 1 aliphatic heterocycles. The second-order valence-electron chi connectivity index (χ2n) is 7.08. The van der Waals surface area contributed by atoms with Crippen molar-refractivity contribution in [1.82, 2.24) is 9.88 Å². The number of carbonyl (C=O) groups excluding carboxylic acids is 1. The number of ether oxygens (including phenoxy) is 1. The Morgan fingerprint density at radius 3 is 2.77 bits per heavy atom. The summed E-state index contributed by atoms with van der Waals surface area (Å²) in [5.41, 5.74) is 1.95. The first-order chi connectivity index (χ1) is 14.5. The smallest absolute Gasteiger partial charge is 0.324 e. The third-order valence-electron chi connectivity index (χ3n) is 5.03. The summed E-state index contributed by atoms with van der Waals surface area (Å²) in [5, 5.41) is 11.6. The van der Waals surface area contributed by atoms with Gasteiger partial charge in [0.2, 0.25) is 0 Å². The number of amides is 1. The number of carbonyl (C=O) groups is 1. The summed E-state index contributed by atoms with van der Waals surface area (Å²) in [6, 6.07) is 8.88. The second-order valence-corrected chi connectivity index (χ2v) is 9.15. The number of thiazole rings is 1. The highest BCUT2D eigenvalue weighted by Gasteiger charge is 2.25. The van der Waals surface area contributed by atoms with E-state index in [-0.39, 0.29) is 10.9 Å². The summed E-state index contributed by atoms with van der Waals surface area (Å²) in [5.74, 6) is -0.244. The minimum absolute atomic E-state index is 0.0354. The van der Waals surface area contributed by atoms with E-state index in [0.717, 1.165) is 66.4 Å². The second kappa shape index (κ2) is 9.17. The van der Waals surface area contributed by atoms with Gasteiger partial charge < -0.3 is 4.74 Å². The third kappa shape index (κ3) is 4.51. The molecule has 30 heavy (non-hydrogen) atoms. The molecule has 0 bridgehead atoms. The lowest BCUT2D eigenvalue weighted by Gasteiger charge is -2.27. The lowest BCUT2D eigenvalue weighted by atomic mass is 10.2. The topological polar surface area (TPSA) is 88.8 Å². The Morgan fingerprint density at radius 1 is 1.27 bits per heavy atom. The highest BCUT2D eigenvalue weighted by Crippen LogP contribution is 2.33. The lowest BCUT2D eigenvalue weighted by Crippen LogP contribution is -2.39. The van der Waals surface area contributed by atoms with Crippen LogP contribution in [0.4, 0.5) is 10.1 Å². The van der Waals surface area contributed by atoms with Crippen LogP contribution >= 0.6 is 22.7 Å². The Hall–Kier alpha value is -2.40. The van der Waals surface area contributed by atoms with Crippen LogP contribution in [0.5, 0.6) is 0 Å². The van der Waals surface area contributed by atoms with Crippen LogP contribution in [0.3, 0.4) is 0 Å². The van der Waals surface area contributed by atoms with E-state index in [1.165, 1.54) is 23.5 Å². The Morgan fingerprint density at radius 2 is 2.07 bits per heavy atom. The molecule has 0 radical (unpaired) electrons. The zero-order valence-corrected chi connectivity index (χ0v) is 18.2. The van der Waals surface area contributed by atoms with Crippen molar-refractivity contribution >= 4 is 48.9 Å². The molecule has 1 aromatic carbocycles. The number of benzene rings is 1. The zero-order valence-electron chi connectivity index (χ0n) is 16.6. The van der Waals surface area contributed by atoms with Crippen LogP contribution in [0, 0.1) is 17.0 Å². The first-order valence-electron chi connectivity index (χ1n) is 9.75. The van der Waals surface area contributed by atoms with E-state index in [2.05, 4.69) is 4.90 Å².